The van der Waals surface area contributed by atoms with Gasteiger partial charge in [-0.2, -0.15) is 0 Å². The van der Waals surface area contributed by atoms with Gasteiger partial charge < -0.3 is 26.8 Å². The molecule has 0 aromatic carbocycles. The van der Waals surface area contributed by atoms with E-state index < -0.39 is 12.0 Å². The second-order valence-electron chi connectivity index (χ2n) is 8.15. The van der Waals surface area contributed by atoms with Gasteiger partial charge in [-0.05, 0) is 37.8 Å². The highest BCUT2D eigenvalue weighted by Gasteiger charge is 2.27. The molecular formula is C21H27N7O3. The van der Waals surface area contributed by atoms with Gasteiger partial charge in [0.15, 0.2) is 11.5 Å². The molecule has 2 aliphatic rings. The van der Waals surface area contributed by atoms with Crippen molar-refractivity contribution in [3.63, 3.8) is 0 Å². The van der Waals surface area contributed by atoms with Crippen LogP contribution in [0.5, 0.6) is 0 Å². The molecule has 0 bridgehead atoms. The van der Waals surface area contributed by atoms with Gasteiger partial charge in [-0.25, -0.2) is 9.78 Å². The highest BCUT2D eigenvalue weighted by Crippen LogP contribution is 2.35. The van der Waals surface area contributed by atoms with Crippen molar-refractivity contribution >= 4 is 29.3 Å². The van der Waals surface area contributed by atoms with Crippen molar-refractivity contribution in [2.24, 2.45) is 5.73 Å². The van der Waals surface area contributed by atoms with E-state index in [0.717, 1.165) is 44.2 Å². The maximum atomic E-state index is 11.9. The zero-order valence-electron chi connectivity index (χ0n) is 17.2. The topological polar surface area (TPSA) is 155 Å². The van der Waals surface area contributed by atoms with Gasteiger partial charge >= 0.3 is 6.09 Å². The number of pyridine rings is 1. The van der Waals surface area contributed by atoms with E-state index in [2.05, 4.69) is 31.1 Å². The highest BCUT2D eigenvalue weighted by molar-refractivity contribution is 5.97. The van der Waals surface area contributed by atoms with Gasteiger partial charge in [0.2, 0.25) is 0 Å². The second-order valence-corrected chi connectivity index (χ2v) is 8.15. The number of carbonyl (C=O) groups excluding carboxylic acids is 1. The molecule has 2 atom stereocenters. The molecule has 164 valence electrons. The Morgan fingerprint density at radius 2 is 1.77 bits per heavy atom. The minimum Gasteiger partial charge on any atom is -0.465 e. The number of nitrogens with one attached hydrogen (secondary N) is 3. The Balaban J connectivity index is 1.55. The van der Waals surface area contributed by atoms with E-state index in [1.807, 2.05) is 18.2 Å². The molecule has 2 aliphatic carbocycles. The predicted octanol–water partition coefficient (Wildman–Crippen LogP) is 2.97. The van der Waals surface area contributed by atoms with E-state index in [9.17, 15) is 9.59 Å². The summed E-state index contributed by atoms with van der Waals surface area (Å²) in [6.45, 7) is 0. The van der Waals surface area contributed by atoms with Crippen molar-refractivity contribution in [3.8, 4) is 0 Å². The molecule has 10 nitrogen and oxygen atoms in total. The molecule has 2 fully saturated rings. The monoisotopic (exact) mass is 425 g/mol. The van der Waals surface area contributed by atoms with E-state index in [1.165, 1.54) is 6.42 Å². The van der Waals surface area contributed by atoms with Crippen LogP contribution in [0.15, 0.2) is 24.3 Å². The van der Waals surface area contributed by atoms with E-state index >= 15 is 0 Å². The Hall–Kier alpha value is -3.43. The van der Waals surface area contributed by atoms with E-state index in [4.69, 9.17) is 10.8 Å². The molecule has 2 saturated carbocycles. The first-order valence-corrected chi connectivity index (χ1v) is 10.7. The first-order chi connectivity index (χ1) is 15.0. The Kier molecular flexibility index (Phi) is 6.15. The van der Waals surface area contributed by atoms with Crippen LogP contribution < -0.4 is 21.7 Å². The number of primary amides is 1. The standard InChI is InChI=1S/C21H27N7O3/c22-20(29)19-16(25-17-10-4-9-13(23-17)12-5-3-6-12)11-18(27-28-19)24-14-7-1-2-8-15(14)26-21(30)31/h4,9-12,14-15,26H,1-3,5-8H2,(H2,22,29)(H,30,31)(H2,23,24,25,27)/t14-,15+/m1/s1. The van der Waals surface area contributed by atoms with Crippen molar-refractivity contribution in [2.45, 2.75) is 62.9 Å². The van der Waals surface area contributed by atoms with Crippen molar-refractivity contribution in [2.75, 3.05) is 10.6 Å². The molecule has 10 heteroatoms. The number of hydrogen-bond acceptors (Lipinski definition) is 7. The Morgan fingerprint density at radius 1 is 1.00 bits per heavy atom. The van der Waals surface area contributed by atoms with Gasteiger partial charge in [-0.1, -0.05) is 25.3 Å². The van der Waals surface area contributed by atoms with Crippen LogP contribution >= 0.6 is 0 Å². The maximum absolute atomic E-state index is 11.9. The molecule has 0 spiro atoms. The largest absolute Gasteiger partial charge is 0.465 e. The number of amides is 2. The number of hydrogen-bond donors (Lipinski definition) is 5. The van der Waals surface area contributed by atoms with E-state index in [1.54, 1.807) is 6.07 Å². The van der Waals surface area contributed by atoms with E-state index in [-0.39, 0.29) is 17.8 Å². The summed E-state index contributed by atoms with van der Waals surface area (Å²) >= 11 is 0. The molecular weight excluding hydrogens is 398 g/mol. The van der Waals surface area contributed by atoms with Gasteiger partial charge in [0.25, 0.3) is 5.91 Å². The SMILES string of the molecule is NC(=O)c1nnc(N[C@@H]2CCCC[C@@H]2NC(=O)O)cc1Nc1cccc(C2CCC2)n1. The van der Waals surface area contributed by atoms with Crippen LogP contribution in [-0.2, 0) is 0 Å². The number of anilines is 3. The molecule has 2 aromatic rings. The Morgan fingerprint density at radius 3 is 2.45 bits per heavy atom. The normalized spacial score (nSPS) is 21.0. The number of rotatable bonds is 7. The van der Waals surface area contributed by atoms with Crippen LogP contribution in [0, 0.1) is 0 Å². The first kappa shape index (κ1) is 20.8. The molecule has 31 heavy (non-hydrogen) atoms. The average Bonchev–Trinajstić information content (AvgIpc) is 2.68. The maximum Gasteiger partial charge on any atom is 0.404 e. The zero-order chi connectivity index (χ0) is 21.8. The number of nitrogens with zero attached hydrogens (tertiary/aromatic N) is 3. The lowest BCUT2D eigenvalue weighted by Crippen LogP contribution is -2.48. The van der Waals surface area contributed by atoms with Gasteiger partial charge in [0.05, 0.1) is 11.7 Å². The lowest BCUT2D eigenvalue weighted by Gasteiger charge is -2.32. The summed E-state index contributed by atoms with van der Waals surface area (Å²) in [7, 11) is 0. The fraction of sp³-hybridized carbons (Fsp3) is 0.476. The lowest BCUT2D eigenvalue weighted by molar-refractivity contribution is 0.0995. The third-order valence-corrected chi connectivity index (χ3v) is 5.99. The number of nitrogens with two attached hydrogens (primary N) is 1. The Labute approximate surface area is 180 Å². The molecule has 0 saturated heterocycles. The molecule has 2 amide bonds. The van der Waals surface area contributed by atoms with Crippen molar-refractivity contribution < 1.29 is 14.7 Å². The van der Waals surface area contributed by atoms with E-state index in [0.29, 0.717) is 23.2 Å². The molecule has 0 unspecified atom stereocenters. The molecule has 2 heterocycles. The quantitative estimate of drug-likeness (QED) is 0.453. The van der Waals surface area contributed by atoms with Gasteiger partial charge in [-0.3, -0.25) is 4.79 Å². The third kappa shape index (κ3) is 5.01. The number of carbonyl (C=O) groups is 2. The smallest absolute Gasteiger partial charge is 0.404 e. The van der Waals surface area contributed by atoms with Crippen molar-refractivity contribution in [3.05, 3.63) is 35.7 Å². The van der Waals surface area contributed by atoms with Crippen LogP contribution in [0.3, 0.4) is 0 Å². The third-order valence-electron chi connectivity index (χ3n) is 5.99. The summed E-state index contributed by atoms with van der Waals surface area (Å²) < 4.78 is 0. The van der Waals surface area contributed by atoms with Crippen LogP contribution in [0.25, 0.3) is 0 Å². The van der Waals surface area contributed by atoms with Gasteiger partial charge in [0.1, 0.15) is 5.82 Å². The first-order valence-electron chi connectivity index (χ1n) is 10.7. The summed E-state index contributed by atoms with van der Waals surface area (Å²) in [6, 6.07) is 7.10. The van der Waals surface area contributed by atoms with Crippen LogP contribution in [0.1, 0.15) is 67.0 Å². The van der Waals surface area contributed by atoms with Crippen molar-refractivity contribution in [1.29, 1.82) is 0 Å². The van der Waals surface area contributed by atoms with Gasteiger partial charge in [-0.15, -0.1) is 10.2 Å². The zero-order valence-corrected chi connectivity index (χ0v) is 17.2. The van der Waals surface area contributed by atoms with Crippen LogP contribution in [-0.4, -0.2) is 44.4 Å². The fourth-order valence-electron chi connectivity index (χ4n) is 4.15. The van der Waals surface area contributed by atoms with Gasteiger partial charge in [0, 0.05) is 23.7 Å². The molecule has 6 N–H and O–H groups in total. The van der Waals surface area contributed by atoms with Crippen LogP contribution in [0.2, 0.25) is 0 Å². The molecule has 4 rings (SSSR count). The second kappa shape index (κ2) is 9.15. The summed E-state index contributed by atoms with van der Waals surface area (Å²) in [5.41, 5.74) is 6.94. The highest BCUT2D eigenvalue weighted by atomic mass is 16.4. The summed E-state index contributed by atoms with van der Waals surface area (Å²) in [6.07, 6.45) is 5.96. The molecule has 0 radical (unpaired) electrons. The predicted molar refractivity (Wildman–Crippen MR) is 115 cm³/mol. The molecule has 0 aliphatic heterocycles. The minimum atomic E-state index is -1.05. The van der Waals surface area contributed by atoms with Crippen molar-refractivity contribution in [1.82, 2.24) is 20.5 Å². The van der Waals surface area contributed by atoms with Crippen LogP contribution in [0.4, 0.5) is 22.1 Å². The summed E-state index contributed by atoms with van der Waals surface area (Å²) in [5, 5.41) is 26.2. The molecule has 2 aromatic heterocycles. The summed E-state index contributed by atoms with van der Waals surface area (Å²) in [4.78, 5) is 27.7. The lowest BCUT2D eigenvalue weighted by atomic mass is 9.83. The average molecular weight is 425 g/mol. The Bertz CT molecular complexity index is 964. The summed E-state index contributed by atoms with van der Waals surface area (Å²) in [5.74, 6) is 0.829. The number of carboxylic acid groups (broad SMARTS) is 1. The number of aromatic nitrogens is 3. The minimum absolute atomic E-state index is 0.0188. The fourth-order valence-corrected chi connectivity index (χ4v) is 4.15.